The molecule has 1 aromatic rings. The molecule has 0 bridgehead atoms. The zero-order valence-electron chi connectivity index (χ0n) is 10.2. The molecule has 1 saturated heterocycles. The molecular formula is C11H20N4O2. The molecule has 0 aliphatic carbocycles. The van der Waals surface area contributed by atoms with Crippen LogP contribution in [0.4, 0.5) is 0 Å². The van der Waals surface area contributed by atoms with E-state index in [-0.39, 0.29) is 0 Å². The summed E-state index contributed by atoms with van der Waals surface area (Å²) in [6.45, 7) is 0.868. The smallest absolute Gasteiger partial charge is 0.177 e. The molecule has 1 fully saturated rings. The van der Waals surface area contributed by atoms with Crippen molar-refractivity contribution < 1.29 is 9.84 Å². The van der Waals surface area contributed by atoms with E-state index in [2.05, 4.69) is 15.4 Å². The van der Waals surface area contributed by atoms with Gasteiger partial charge < -0.3 is 9.84 Å². The molecule has 2 heterocycles. The summed E-state index contributed by atoms with van der Waals surface area (Å²) in [6.07, 6.45) is 5.59. The molecular weight excluding hydrogens is 220 g/mol. The molecule has 0 amide bonds. The van der Waals surface area contributed by atoms with Crippen LogP contribution in [-0.4, -0.2) is 44.1 Å². The number of aromatic nitrogens is 4. The van der Waals surface area contributed by atoms with Crippen LogP contribution in [0, 0.1) is 0 Å². The van der Waals surface area contributed by atoms with Crippen molar-refractivity contribution in [3.63, 3.8) is 0 Å². The van der Waals surface area contributed by atoms with Crippen LogP contribution in [0.3, 0.4) is 0 Å². The van der Waals surface area contributed by atoms with Crippen molar-refractivity contribution in [1.29, 1.82) is 0 Å². The third kappa shape index (κ3) is 4.05. The molecule has 6 nitrogen and oxygen atoms in total. The Bertz CT molecular complexity index is 336. The van der Waals surface area contributed by atoms with E-state index in [0.29, 0.717) is 18.3 Å². The summed E-state index contributed by atoms with van der Waals surface area (Å²) in [5, 5.41) is 21.5. The number of tetrazole rings is 1. The van der Waals surface area contributed by atoms with Gasteiger partial charge in [-0.15, -0.1) is 10.2 Å². The third-order valence-electron chi connectivity index (χ3n) is 3.06. The van der Waals surface area contributed by atoms with Gasteiger partial charge >= 0.3 is 0 Å². The highest BCUT2D eigenvalue weighted by molar-refractivity contribution is 4.81. The number of aliphatic hydroxyl groups is 1. The molecule has 0 aromatic carbocycles. The summed E-state index contributed by atoms with van der Waals surface area (Å²) in [5.41, 5.74) is 0. The molecule has 2 unspecified atom stereocenters. The SMILES string of the molecule is Cn1nnc(CC(O)CCC2CCCCO2)n1. The van der Waals surface area contributed by atoms with E-state index in [4.69, 9.17) is 4.74 Å². The molecule has 1 N–H and O–H groups in total. The lowest BCUT2D eigenvalue weighted by molar-refractivity contribution is 0.00221. The fraction of sp³-hybridized carbons (Fsp3) is 0.909. The van der Waals surface area contributed by atoms with Gasteiger partial charge in [-0.1, -0.05) is 0 Å². The predicted octanol–water partition coefficient (Wildman–Crippen LogP) is 0.463. The normalized spacial score (nSPS) is 22.6. The zero-order valence-corrected chi connectivity index (χ0v) is 10.2. The number of rotatable bonds is 5. The van der Waals surface area contributed by atoms with Crippen LogP contribution >= 0.6 is 0 Å². The molecule has 2 rings (SSSR count). The van der Waals surface area contributed by atoms with Gasteiger partial charge in [0.15, 0.2) is 5.82 Å². The second kappa shape index (κ2) is 6.07. The van der Waals surface area contributed by atoms with Crippen LogP contribution in [0.5, 0.6) is 0 Å². The van der Waals surface area contributed by atoms with Gasteiger partial charge in [-0.25, -0.2) is 0 Å². The molecule has 1 aliphatic rings. The summed E-state index contributed by atoms with van der Waals surface area (Å²) in [4.78, 5) is 1.41. The highest BCUT2D eigenvalue weighted by Gasteiger charge is 2.16. The Balaban J connectivity index is 1.68. The van der Waals surface area contributed by atoms with Crippen LogP contribution < -0.4 is 0 Å². The van der Waals surface area contributed by atoms with Crippen LogP contribution in [0.15, 0.2) is 0 Å². The van der Waals surface area contributed by atoms with E-state index in [1.807, 2.05) is 0 Å². The Labute approximate surface area is 101 Å². The topological polar surface area (TPSA) is 73.1 Å². The Hall–Kier alpha value is -1.01. The van der Waals surface area contributed by atoms with Gasteiger partial charge in [0.05, 0.1) is 19.3 Å². The van der Waals surface area contributed by atoms with Gasteiger partial charge in [0.25, 0.3) is 0 Å². The zero-order chi connectivity index (χ0) is 12.1. The van der Waals surface area contributed by atoms with Gasteiger partial charge in [0.2, 0.25) is 0 Å². The Morgan fingerprint density at radius 3 is 3.06 bits per heavy atom. The van der Waals surface area contributed by atoms with E-state index < -0.39 is 6.10 Å². The van der Waals surface area contributed by atoms with Crippen molar-refractivity contribution in [2.75, 3.05) is 6.61 Å². The first-order chi connectivity index (χ1) is 8.24. The summed E-state index contributed by atoms with van der Waals surface area (Å²) >= 11 is 0. The van der Waals surface area contributed by atoms with E-state index in [1.54, 1.807) is 7.05 Å². The Morgan fingerprint density at radius 1 is 1.53 bits per heavy atom. The van der Waals surface area contributed by atoms with Gasteiger partial charge in [0, 0.05) is 13.0 Å². The Kier molecular flexibility index (Phi) is 4.44. The molecule has 2 atom stereocenters. The maximum atomic E-state index is 9.87. The maximum absolute atomic E-state index is 9.87. The first-order valence-corrected chi connectivity index (χ1v) is 6.26. The van der Waals surface area contributed by atoms with Crippen LogP contribution in [-0.2, 0) is 18.2 Å². The molecule has 17 heavy (non-hydrogen) atoms. The fourth-order valence-corrected chi connectivity index (χ4v) is 2.13. The second-order valence-corrected chi connectivity index (χ2v) is 4.62. The first-order valence-electron chi connectivity index (χ1n) is 6.26. The molecule has 0 saturated carbocycles. The highest BCUT2D eigenvalue weighted by Crippen LogP contribution is 2.18. The summed E-state index contributed by atoms with van der Waals surface area (Å²) in [6, 6.07) is 0. The average molecular weight is 240 g/mol. The number of hydrogen-bond donors (Lipinski definition) is 1. The van der Waals surface area contributed by atoms with E-state index >= 15 is 0 Å². The summed E-state index contributed by atoms with van der Waals surface area (Å²) in [7, 11) is 1.72. The van der Waals surface area contributed by atoms with Crippen molar-refractivity contribution >= 4 is 0 Å². The maximum Gasteiger partial charge on any atom is 0.177 e. The minimum absolute atomic E-state index is 0.327. The van der Waals surface area contributed by atoms with Crippen LogP contribution in [0.1, 0.15) is 37.9 Å². The average Bonchev–Trinajstić information content (AvgIpc) is 2.73. The lowest BCUT2D eigenvalue weighted by atomic mass is 10.0. The van der Waals surface area contributed by atoms with Crippen molar-refractivity contribution in [1.82, 2.24) is 20.2 Å². The Morgan fingerprint density at radius 2 is 2.41 bits per heavy atom. The molecule has 1 aromatic heterocycles. The number of aryl methyl sites for hydroxylation is 1. The highest BCUT2D eigenvalue weighted by atomic mass is 16.5. The minimum atomic E-state index is -0.398. The first kappa shape index (κ1) is 12.4. The summed E-state index contributed by atoms with van der Waals surface area (Å²) < 4.78 is 5.62. The molecule has 6 heteroatoms. The lowest BCUT2D eigenvalue weighted by Gasteiger charge is -2.23. The molecule has 96 valence electrons. The monoisotopic (exact) mass is 240 g/mol. The quantitative estimate of drug-likeness (QED) is 0.809. The van der Waals surface area contributed by atoms with Gasteiger partial charge in [-0.3, -0.25) is 0 Å². The summed E-state index contributed by atoms with van der Waals surface area (Å²) in [5.74, 6) is 0.601. The van der Waals surface area contributed by atoms with Gasteiger partial charge in [-0.05, 0) is 37.3 Å². The predicted molar refractivity (Wildman–Crippen MR) is 61.3 cm³/mol. The lowest BCUT2D eigenvalue weighted by Crippen LogP contribution is -2.22. The number of aliphatic hydroxyl groups excluding tert-OH is 1. The molecule has 0 radical (unpaired) electrons. The van der Waals surface area contributed by atoms with Gasteiger partial charge in [-0.2, -0.15) is 4.80 Å². The number of hydrogen-bond acceptors (Lipinski definition) is 5. The molecule has 0 spiro atoms. The number of ether oxygens (including phenoxy) is 1. The van der Waals surface area contributed by atoms with Gasteiger partial charge in [0.1, 0.15) is 0 Å². The third-order valence-corrected chi connectivity index (χ3v) is 3.06. The van der Waals surface area contributed by atoms with Crippen molar-refractivity contribution in [3.8, 4) is 0 Å². The standard InChI is InChI=1S/C11H20N4O2/c1-15-13-11(12-14-15)8-9(16)5-6-10-4-2-3-7-17-10/h9-10,16H,2-8H2,1H3. The molecule has 1 aliphatic heterocycles. The fourth-order valence-electron chi connectivity index (χ4n) is 2.13. The number of nitrogens with zero attached hydrogens (tertiary/aromatic N) is 4. The van der Waals surface area contributed by atoms with Crippen molar-refractivity contribution in [3.05, 3.63) is 5.82 Å². The second-order valence-electron chi connectivity index (χ2n) is 4.62. The van der Waals surface area contributed by atoms with Crippen LogP contribution in [0.2, 0.25) is 0 Å². The van der Waals surface area contributed by atoms with E-state index in [9.17, 15) is 5.11 Å². The largest absolute Gasteiger partial charge is 0.393 e. The van der Waals surface area contributed by atoms with E-state index in [1.165, 1.54) is 17.6 Å². The minimum Gasteiger partial charge on any atom is -0.393 e. The van der Waals surface area contributed by atoms with E-state index in [0.717, 1.165) is 25.9 Å². The van der Waals surface area contributed by atoms with Crippen molar-refractivity contribution in [2.24, 2.45) is 7.05 Å². The van der Waals surface area contributed by atoms with Crippen molar-refractivity contribution in [2.45, 2.75) is 50.7 Å². The van der Waals surface area contributed by atoms with Crippen LogP contribution in [0.25, 0.3) is 0 Å².